The molecule has 3 heterocycles. The van der Waals surface area contributed by atoms with E-state index in [0.717, 1.165) is 48.4 Å². The largest absolute Gasteiger partial charge is 0.447 e. The van der Waals surface area contributed by atoms with Crippen LogP contribution in [0.5, 0.6) is 0 Å². The van der Waals surface area contributed by atoms with E-state index in [-0.39, 0.29) is 29.1 Å². The highest BCUT2D eigenvalue weighted by atomic mass is 32.2. The number of hydrogen-bond donors (Lipinski definition) is 3. The van der Waals surface area contributed by atoms with Gasteiger partial charge in [-0.05, 0) is 64.5 Å². The molecule has 1 saturated heterocycles. The molecule has 0 unspecified atom stereocenters. The molecule has 3 aromatic rings. The number of aromatic amines is 1. The van der Waals surface area contributed by atoms with Crippen molar-refractivity contribution in [1.82, 2.24) is 24.6 Å². The number of thiazole rings is 1. The molecule has 0 spiro atoms. The number of ether oxygens (including phenoxy) is 1. The number of benzene rings is 1. The average Bonchev–Trinajstić information content (AvgIpc) is 3.67. The fourth-order valence-electron chi connectivity index (χ4n) is 5.06. The summed E-state index contributed by atoms with van der Waals surface area (Å²) in [6, 6.07) is 5.52. The van der Waals surface area contributed by atoms with Crippen LogP contribution in [-0.2, 0) is 14.8 Å². The van der Waals surface area contributed by atoms with Crippen LogP contribution in [0, 0.1) is 0 Å². The van der Waals surface area contributed by atoms with E-state index in [1.54, 1.807) is 40.3 Å². The van der Waals surface area contributed by atoms with E-state index in [9.17, 15) is 13.2 Å². The maximum Gasteiger partial charge on any atom is 0.407 e. The third kappa shape index (κ3) is 6.02. The Hall–Kier alpha value is -2.96. The Bertz CT molecular complexity index is 1340. The van der Waals surface area contributed by atoms with Crippen molar-refractivity contribution < 1.29 is 17.9 Å². The fourth-order valence-corrected chi connectivity index (χ4v) is 8.00. The highest BCUT2D eigenvalue weighted by Gasteiger charge is 2.31. The van der Waals surface area contributed by atoms with E-state index >= 15 is 0 Å². The monoisotopic (exact) mass is 558 g/mol. The number of alkyl carbamates (subject to hydrolysis) is 1. The summed E-state index contributed by atoms with van der Waals surface area (Å²) in [6.45, 7) is 4.74. The normalized spacial score (nSPS) is 20.5. The van der Waals surface area contributed by atoms with Gasteiger partial charge in [0, 0.05) is 54.9 Å². The second-order valence-electron chi connectivity index (χ2n) is 10.1. The number of H-pyrrole nitrogens is 1. The van der Waals surface area contributed by atoms with Crippen molar-refractivity contribution in [2.45, 2.75) is 75.3 Å². The van der Waals surface area contributed by atoms with Crippen LogP contribution in [-0.4, -0.2) is 59.0 Å². The van der Waals surface area contributed by atoms with Crippen molar-refractivity contribution in [3.05, 3.63) is 41.8 Å². The van der Waals surface area contributed by atoms with Gasteiger partial charge in [-0.3, -0.25) is 0 Å². The third-order valence-corrected chi connectivity index (χ3v) is 10.1. The maximum atomic E-state index is 13.7. The summed E-state index contributed by atoms with van der Waals surface area (Å²) in [4.78, 5) is 24.9. The lowest BCUT2D eigenvalue weighted by molar-refractivity contribution is 0.109. The number of nitrogens with one attached hydrogen (secondary N) is 3. The summed E-state index contributed by atoms with van der Waals surface area (Å²) < 4.78 is 34.2. The van der Waals surface area contributed by atoms with Gasteiger partial charge in [0.05, 0.1) is 20.9 Å². The van der Waals surface area contributed by atoms with Crippen LogP contribution in [0.2, 0.25) is 0 Å². The SMILES string of the molecule is CC(C)OC(=O)NC1CCC(c2ncc(-c3ccc(Nc4ncc[nH]4)cc3S(=O)(=O)N3CCCC3)s2)CC1. The van der Waals surface area contributed by atoms with Gasteiger partial charge < -0.3 is 20.4 Å². The first-order valence-corrected chi connectivity index (χ1v) is 15.4. The number of anilines is 2. The molecule has 2 aromatic heterocycles. The van der Waals surface area contributed by atoms with Crippen molar-refractivity contribution in [2.75, 3.05) is 18.4 Å². The second-order valence-corrected chi connectivity index (χ2v) is 13.1. The molecule has 5 rings (SSSR count). The zero-order valence-corrected chi connectivity index (χ0v) is 23.3. The Morgan fingerprint density at radius 2 is 1.92 bits per heavy atom. The first-order valence-electron chi connectivity index (χ1n) is 13.1. The molecule has 0 atom stereocenters. The molecule has 1 aromatic carbocycles. The standard InChI is InChI=1S/C26H34N6O4S2/c1-17(2)36-26(33)31-19-7-5-18(6-8-19)24-29-16-22(37-24)21-10-9-20(30-25-27-11-12-28-25)15-23(21)38(34,35)32-13-3-4-14-32/h9-12,15-19H,3-8,13-14H2,1-2H3,(H,31,33)(H2,27,28,30). The van der Waals surface area contributed by atoms with Crippen LogP contribution in [0.3, 0.4) is 0 Å². The fraction of sp³-hybridized carbons (Fsp3) is 0.500. The van der Waals surface area contributed by atoms with Crippen LogP contribution in [0.25, 0.3) is 10.4 Å². The van der Waals surface area contributed by atoms with E-state index in [2.05, 4.69) is 20.6 Å². The number of nitrogens with zero attached hydrogens (tertiary/aromatic N) is 3. The van der Waals surface area contributed by atoms with E-state index in [4.69, 9.17) is 9.72 Å². The number of amides is 1. The smallest absolute Gasteiger partial charge is 0.407 e. The molecule has 1 saturated carbocycles. The maximum absolute atomic E-state index is 13.7. The minimum Gasteiger partial charge on any atom is -0.447 e. The van der Waals surface area contributed by atoms with Crippen molar-refractivity contribution in [3.63, 3.8) is 0 Å². The Morgan fingerprint density at radius 1 is 1.16 bits per heavy atom. The molecule has 10 nitrogen and oxygen atoms in total. The highest BCUT2D eigenvalue weighted by Crippen LogP contribution is 2.41. The number of hydrogen-bond acceptors (Lipinski definition) is 8. The molecule has 12 heteroatoms. The number of rotatable bonds is 8. The molecular weight excluding hydrogens is 524 g/mol. The molecule has 3 N–H and O–H groups in total. The molecule has 204 valence electrons. The van der Waals surface area contributed by atoms with Crippen LogP contribution < -0.4 is 10.6 Å². The van der Waals surface area contributed by atoms with Crippen molar-refractivity contribution in [2.24, 2.45) is 0 Å². The van der Waals surface area contributed by atoms with Gasteiger partial charge in [0.15, 0.2) is 0 Å². The Balaban J connectivity index is 1.35. The van der Waals surface area contributed by atoms with Crippen LogP contribution >= 0.6 is 11.3 Å². The highest BCUT2D eigenvalue weighted by molar-refractivity contribution is 7.89. The van der Waals surface area contributed by atoms with Gasteiger partial charge in [-0.2, -0.15) is 4.31 Å². The third-order valence-electron chi connectivity index (χ3n) is 6.96. The lowest BCUT2D eigenvalue weighted by atomic mass is 9.86. The van der Waals surface area contributed by atoms with Crippen molar-refractivity contribution in [1.29, 1.82) is 0 Å². The Kier molecular flexibility index (Phi) is 8.01. The predicted molar refractivity (Wildman–Crippen MR) is 147 cm³/mol. The first kappa shape index (κ1) is 26.6. The minimum absolute atomic E-state index is 0.100. The van der Waals surface area contributed by atoms with Gasteiger partial charge in [-0.1, -0.05) is 6.07 Å². The first-order chi connectivity index (χ1) is 18.3. The molecular formula is C26H34N6O4S2. The second kappa shape index (κ2) is 11.4. The summed E-state index contributed by atoms with van der Waals surface area (Å²) in [6.07, 6.45) is 9.90. The number of carbonyl (C=O) groups excluding carboxylic acids is 1. The molecule has 1 aliphatic carbocycles. The number of sulfonamides is 1. The van der Waals surface area contributed by atoms with Gasteiger partial charge in [0.2, 0.25) is 16.0 Å². The Morgan fingerprint density at radius 3 is 2.61 bits per heavy atom. The van der Waals surface area contributed by atoms with Gasteiger partial charge >= 0.3 is 6.09 Å². The van der Waals surface area contributed by atoms with Gasteiger partial charge in [-0.25, -0.2) is 23.2 Å². The molecule has 1 aliphatic heterocycles. The molecule has 1 amide bonds. The molecule has 0 radical (unpaired) electrons. The molecule has 0 bridgehead atoms. The van der Waals surface area contributed by atoms with Crippen LogP contribution in [0.4, 0.5) is 16.4 Å². The lowest BCUT2D eigenvalue weighted by Crippen LogP contribution is -2.38. The lowest BCUT2D eigenvalue weighted by Gasteiger charge is -2.28. The van der Waals surface area contributed by atoms with Gasteiger partial charge in [0.1, 0.15) is 0 Å². The van der Waals surface area contributed by atoms with E-state index < -0.39 is 10.0 Å². The zero-order valence-electron chi connectivity index (χ0n) is 21.6. The summed E-state index contributed by atoms with van der Waals surface area (Å²) in [7, 11) is -3.67. The summed E-state index contributed by atoms with van der Waals surface area (Å²) in [5, 5.41) is 7.12. The molecule has 38 heavy (non-hydrogen) atoms. The van der Waals surface area contributed by atoms with Gasteiger partial charge in [0.25, 0.3) is 0 Å². The molecule has 2 aliphatic rings. The minimum atomic E-state index is -3.67. The number of carbonyl (C=O) groups is 1. The topological polar surface area (TPSA) is 129 Å². The van der Waals surface area contributed by atoms with E-state index in [1.807, 2.05) is 26.0 Å². The van der Waals surface area contributed by atoms with E-state index in [0.29, 0.717) is 30.3 Å². The average molecular weight is 559 g/mol. The van der Waals surface area contributed by atoms with Gasteiger partial charge in [-0.15, -0.1) is 11.3 Å². The van der Waals surface area contributed by atoms with Crippen molar-refractivity contribution >= 4 is 39.1 Å². The predicted octanol–water partition coefficient (Wildman–Crippen LogP) is 5.22. The number of aromatic nitrogens is 3. The van der Waals surface area contributed by atoms with E-state index in [1.165, 1.54) is 0 Å². The molecule has 2 fully saturated rings. The van der Waals surface area contributed by atoms with Crippen LogP contribution in [0.1, 0.15) is 63.3 Å². The summed E-state index contributed by atoms with van der Waals surface area (Å²) in [5.74, 6) is 0.830. The zero-order chi connectivity index (χ0) is 26.7. The Labute approximate surface area is 227 Å². The summed E-state index contributed by atoms with van der Waals surface area (Å²) >= 11 is 1.56. The number of imidazole rings is 1. The summed E-state index contributed by atoms with van der Waals surface area (Å²) in [5.41, 5.74) is 1.31. The quantitative estimate of drug-likeness (QED) is 0.346. The van der Waals surface area contributed by atoms with Crippen molar-refractivity contribution in [3.8, 4) is 10.4 Å². The van der Waals surface area contributed by atoms with Crippen LogP contribution in [0.15, 0.2) is 41.7 Å².